The molecule has 1 atom stereocenters. The van der Waals surface area contributed by atoms with Crippen LogP contribution in [-0.2, 0) is 6.54 Å². The lowest BCUT2D eigenvalue weighted by molar-refractivity contribution is 0.248. The smallest absolute Gasteiger partial charge is 0.319 e. The number of carbonyl (C=O) groups is 1. The van der Waals surface area contributed by atoms with E-state index < -0.39 is 0 Å². The van der Waals surface area contributed by atoms with Crippen LogP contribution in [-0.4, -0.2) is 26.6 Å². The lowest BCUT2D eigenvalue weighted by Gasteiger charge is -2.15. The minimum Gasteiger partial charge on any atom is -0.335 e. The predicted octanol–water partition coefficient (Wildman–Crippen LogP) is 1.49. The molecule has 2 rings (SSSR count). The number of rotatable bonds is 4. The topological polar surface area (TPSA) is 71.8 Å². The Morgan fingerprint density at radius 3 is 2.78 bits per heavy atom. The normalized spacial score (nSPS) is 11.8. The van der Waals surface area contributed by atoms with Crippen molar-refractivity contribution in [3.8, 4) is 0 Å². The fraction of sp³-hybridized carbons (Fsp3) is 0.250. The van der Waals surface area contributed by atoms with E-state index >= 15 is 0 Å². The van der Waals surface area contributed by atoms with Crippen molar-refractivity contribution in [2.24, 2.45) is 0 Å². The van der Waals surface area contributed by atoms with Gasteiger partial charge < -0.3 is 15.2 Å². The van der Waals surface area contributed by atoms with Gasteiger partial charge in [-0.25, -0.2) is 9.78 Å². The summed E-state index contributed by atoms with van der Waals surface area (Å²) in [6.45, 7) is 2.62. The van der Waals surface area contributed by atoms with Crippen LogP contribution < -0.4 is 10.6 Å². The van der Waals surface area contributed by atoms with Gasteiger partial charge in [0.2, 0.25) is 0 Å². The van der Waals surface area contributed by atoms with Crippen molar-refractivity contribution in [2.75, 3.05) is 5.32 Å². The minimum atomic E-state index is -0.228. The lowest BCUT2D eigenvalue weighted by atomic mass is 10.3. The number of nitrogens with zero attached hydrogens (tertiary/aromatic N) is 3. The molecule has 0 aliphatic carbocycles. The molecule has 0 saturated heterocycles. The number of hydrogen-bond donors (Lipinski definition) is 2. The third kappa shape index (κ3) is 3.58. The highest BCUT2D eigenvalue weighted by Gasteiger charge is 2.07. The molecule has 0 unspecified atom stereocenters. The lowest BCUT2D eigenvalue weighted by Crippen LogP contribution is -2.38. The zero-order valence-electron chi connectivity index (χ0n) is 10.1. The molecule has 0 spiro atoms. The van der Waals surface area contributed by atoms with Crippen molar-refractivity contribution in [3.63, 3.8) is 0 Å². The molecule has 2 amide bonds. The molecule has 2 heterocycles. The Kier molecular flexibility index (Phi) is 3.90. The second-order valence-corrected chi connectivity index (χ2v) is 3.99. The van der Waals surface area contributed by atoms with E-state index in [2.05, 4.69) is 20.6 Å². The third-order valence-corrected chi connectivity index (χ3v) is 2.36. The van der Waals surface area contributed by atoms with Gasteiger partial charge in [-0.2, -0.15) is 0 Å². The molecule has 6 nitrogen and oxygen atoms in total. The fourth-order valence-electron chi connectivity index (χ4n) is 1.58. The van der Waals surface area contributed by atoms with E-state index in [0.717, 1.165) is 5.69 Å². The largest absolute Gasteiger partial charge is 0.335 e. The Bertz CT molecular complexity index is 482. The van der Waals surface area contributed by atoms with E-state index in [1.807, 2.05) is 17.7 Å². The molecular weight excluding hydrogens is 230 g/mol. The second kappa shape index (κ2) is 5.81. The van der Waals surface area contributed by atoms with E-state index in [0.29, 0.717) is 6.54 Å². The molecule has 2 aromatic rings. The van der Waals surface area contributed by atoms with Crippen LogP contribution in [0.4, 0.5) is 10.5 Å². The molecule has 0 radical (unpaired) electrons. The molecule has 0 aliphatic rings. The van der Waals surface area contributed by atoms with Crippen LogP contribution in [0, 0.1) is 0 Å². The van der Waals surface area contributed by atoms with Crippen LogP contribution in [0.5, 0.6) is 0 Å². The van der Waals surface area contributed by atoms with Crippen molar-refractivity contribution in [1.82, 2.24) is 19.9 Å². The highest BCUT2D eigenvalue weighted by atomic mass is 16.2. The Balaban J connectivity index is 1.80. The summed E-state index contributed by atoms with van der Waals surface area (Å²) in [5.74, 6) is 0. The number of aromatic nitrogens is 3. The average Bonchev–Trinajstić information content (AvgIpc) is 2.82. The number of pyridine rings is 1. The molecule has 2 aromatic heterocycles. The standard InChI is InChI=1S/C12H15N5O/c1-10(8-17-7-6-14-9-17)15-12(18)16-11-2-4-13-5-3-11/h2-7,9-10H,8H2,1H3,(H2,13,15,16,18)/t10-/m1/s1. The van der Waals surface area contributed by atoms with Crippen LogP contribution in [0.1, 0.15) is 6.92 Å². The number of amides is 2. The zero-order valence-corrected chi connectivity index (χ0v) is 10.1. The summed E-state index contributed by atoms with van der Waals surface area (Å²) in [6.07, 6.45) is 8.55. The first-order chi connectivity index (χ1) is 8.74. The first kappa shape index (κ1) is 12.1. The van der Waals surface area contributed by atoms with Crippen molar-refractivity contribution in [3.05, 3.63) is 43.2 Å². The molecule has 0 bridgehead atoms. The van der Waals surface area contributed by atoms with Crippen molar-refractivity contribution >= 4 is 11.7 Å². The molecule has 94 valence electrons. The van der Waals surface area contributed by atoms with E-state index in [4.69, 9.17) is 0 Å². The molecule has 0 fully saturated rings. The molecule has 6 heteroatoms. The van der Waals surface area contributed by atoms with E-state index in [-0.39, 0.29) is 12.1 Å². The summed E-state index contributed by atoms with van der Waals surface area (Å²) in [7, 11) is 0. The Morgan fingerprint density at radius 1 is 1.33 bits per heavy atom. The van der Waals surface area contributed by atoms with Crippen molar-refractivity contribution < 1.29 is 4.79 Å². The summed E-state index contributed by atoms with van der Waals surface area (Å²) in [6, 6.07) is 3.26. The van der Waals surface area contributed by atoms with Gasteiger partial charge in [0.25, 0.3) is 0 Å². The number of carbonyl (C=O) groups excluding carboxylic acids is 1. The SMILES string of the molecule is C[C@H](Cn1ccnc1)NC(=O)Nc1ccncc1. The van der Waals surface area contributed by atoms with Crippen LogP contribution in [0.2, 0.25) is 0 Å². The van der Waals surface area contributed by atoms with Crippen LogP contribution in [0.3, 0.4) is 0 Å². The van der Waals surface area contributed by atoms with Gasteiger partial charge in [0.15, 0.2) is 0 Å². The van der Waals surface area contributed by atoms with E-state index in [1.165, 1.54) is 0 Å². The number of nitrogens with one attached hydrogen (secondary N) is 2. The first-order valence-electron chi connectivity index (χ1n) is 5.67. The van der Waals surface area contributed by atoms with Crippen molar-refractivity contribution in [1.29, 1.82) is 0 Å². The molecular formula is C12H15N5O. The number of anilines is 1. The number of hydrogen-bond acceptors (Lipinski definition) is 3. The maximum absolute atomic E-state index is 11.7. The molecule has 0 saturated carbocycles. The number of urea groups is 1. The van der Waals surface area contributed by atoms with Crippen LogP contribution >= 0.6 is 0 Å². The minimum absolute atomic E-state index is 0.0148. The third-order valence-electron chi connectivity index (χ3n) is 2.36. The number of imidazole rings is 1. The molecule has 18 heavy (non-hydrogen) atoms. The maximum atomic E-state index is 11.7. The van der Waals surface area contributed by atoms with Gasteiger partial charge >= 0.3 is 6.03 Å². The molecule has 2 N–H and O–H groups in total. The summed E-state index contributed by atoms with van der Waals surface area (Å²) in [5, 5.41) is 5.59. The van der Waals surface area contributed by atoms with Gasteiger partial charge in [-0.15, -0.1) is 0 Å². The zero-order chi connectivity index (χ0) is 12.8. The predicted molar refractivity (Wildman–Crippen MR) is 68.1 cm³/mol. The summed E-state index contributed by atoms with van der Waals surface area (Å²) in [4.78, 5) is 19.5. The Labute approximate surface area is 105 Å². The van der Waals surface area contributed by atoms with Gasteiger partial charge in [0, 0.05) is 43.1 Å². The summed E-state index contributed by atoms with van der Waals surface area (Å²) >= 11 is 0. The monoisotopic (exact) mass is 245 g/mol. The summed E-state index contributed by atoms with van der Waals surface area (Å²) in [5.41, 5.74) is 0.720. The Morgan fingerprint density at radius 2 is 2.11 bits per heavy atom. The van der Waals surface area contributed by atoms with Gasteiger partial charge in [-0.05, 0) is 19.1 Å². The quantitative estimate of drug-likeness (QED) is 0.857. The maximum Gasteiger partial charge on any atom is 0.319 e. The van der Waals surface area contributed by atoms with Gasteiger partial charge in [0.05, 0.1) is 6.33 Å². The van der Waals surface area contributed by atoms with Crippen LogP contribution in [0.15, 0.2) is 43.2 Å². The van der Waals surface area contributed by atoms with Crippen molar-refractivity contribution in [2.45, 2.75) is 19.5 Å². The fourth-order valence-corrected chi connectivity index (χ4v) is 1.58. The Hall–Kier alpha value is -2.37. The second-order valence-electron chi connectivity index (χ2n) is 3.99. The molecule has 0 aliphatic heterocycles. The summed E-state index contributed by atoms with van der Waals surface area (Å²) < 4.78 is 1.91. The van der Waals surface area contributed by atoms with E-state index in [9.17, 15) is 4.79 Å². The van der Waals surface area contributed by atoms with Crippen LogP contribution in [0.25, 0.3) is 0 Å². The van der Waals surface area contributed by atoms with Gasteiger partial charge in [-0.1, -0.05) is 0 Å². The first-order valence-corrected chi connectivity index (χ1v) is 5.67. The van der Waals surface area contributed by atoms with Gasteiger partial charge in [-0.3, -0.25) is 4.98 Å². The highest BCUT2D eigenvalue weighted by Crippen LogP contribution is 2.02. The average molecular weight is 245 g/mol. The highest BCUT2D eigenvalue weighted by molar-refractivity contribution is 5.89. The van der Waals surface area contributed by atoms with E-state index in [1.54, 1.807) is 37.1 Å². The molecule has 0 aromatic carbocycles. The van der Waals surface area contributed by atoms with Gasteiger partial charge in [0.1, 0.15) is 0 Å².